The van der Waals surface area contributed by atoms with E-state index < -0.39 is 5.60 Å². The number of rotatable bonds is 4. The van der Waals surface area contributed by atoms with E-state index in [1.165, 1.54) is 0 Å². The van der Waals surface area contributed by atoms with E-state index in [4.69, 9.17) is 18.7 Å². The van der Waals surface area contributed by atoms with Gasteiger partial charge in [-0.25, -0.2) is 0 Å². The monoisotopic (exact) mass is 283 g/mol. The van der Waals surface area contributed by atoms with E-state index in [1.54, 1.807) is 0 Å². The van der Waals surface area contributed by atoms with E-state index in [-0.39, 0.29) is 6.04 Å². The van der Waals surface area contributed by atoms with Crippen LogP contribution in [-0.4, -0.2) is 49.7 Å². The van der Waals surface area contributed by atoms with Gasteiger partial charge in [0.2, 0.25) is 11.7 Å². The molecule has 0 aliphatic carbocycles. The van der Waals surface area contributed by atoms with Gasteiger partial charge in [-0.3, -0.25) is 0 Å². The molecule has 0 saturated carbocycles. The molecule has 2 aliphatic heterocycles. The summed E-state index contributed by atoms with van der Waals surface area (Å²) in [5, 5.41) is 7.45. The van der Waals surface area contributed by atoms with Crippen molar-refractivity contribution in [1.29, 1.82) is 0 Å². The summed E-state index contributed by atoms with van der Waals surface area (Å²) < 4.78 is 22.2. The maximum absolute atomic E-state index is 5.94. The zero-order valence-corrected chi connectivity index (χ0v) is 11.8. The average molecular weight is 283 g/mol. The molecule has 0 spiro atoms. The second kappa shape index (κ2) is 6.17. The average Bonchev–Trinajstić information content (AvgIpc) is 3.00. The summed E-state index contributed by atoms with van der Waals surface area (Å²) >= 11 is 0. The van der Waals surface area contributed by atoms with Crippen LogP contribution in [0.4, 0.5) is 0 Å². The van der Waals surface area contributed by atoms with Crippen molar-refractivity contribution < 1.29 is 18.7 Å². The molecule has 3 heterocycles. The maximum atomic E-state index is 5.94. The number of nitrogens with zero attached hydrogens (tertiary/aromatic N) is 2. The van der Waals surface area contributed by atoms with Gasteiger partial charge in [0.1, 0.15) is 11.6 Å². The molecule has 1 aromatic heterocycles. The van der Waals surface area contributed by atoms with Crippen molar-refractivity contribution in [3.63, 3.8) is 0 Å². The predicted octanol–water partition coefficient (Wildman–Crippen LogP) is 0.773. The van der Waals surface area contributed by atoms with Crippen LogP contribution in [0.1, 0.15) is 37.5 Å². The van der Waals surface area contributed by atoms with Gasteiger partial charge in [-0.1, -0.05) is 5.16 Å². The van der Waals surface area contributed by atoms with Gasteiger partial charge in [-0.2, -0.15) is 4.98 Å². The number of ether oxygens (including phenoxy) is 3. The molecule has 112 valence electrons. The van der Waals surface area contributed by atoms with Gasteiger partial charge >= 0.3 is 0 Å². The fourth-order valence-electron chi connectivity index (χ4n) is 2.70. The van der Waals surface area contributed by atoms with Gasteiger partial charge < -0.3 is 24.1 Å². The molecular weight excluding hydrogens is 262 g/mol. The molecule has 2 saturated heterocycles. The highest BCUT2D eigenvalue weighted by molar-refractivity contribution is 5.05. The third-order valence-corrected chi connectivity index (χ3v) is 3.79. The van der Waals surface area contributed by atoms with Crippen molar-refractivity contribution in [2.45, 2.75) is 31.4 Å². The van der Waals surface area contributed by atoms with Crippen molar-refractivity contribution in [3.8, 4) is 0 Å². The third-order valence-electron chi connectivity index (χ3n) is 3.79. The first-order valence-corrected chi connectivity index (χ1v) is 7.21. The number of hydrogen-bond donors (Lipinski definition) is 1. The summed E-state index contributed by atoms with van der Waals surface area (Å²) in [7, 11) is 0. The van der Waals surface area contributed by atoms with Gasteiger partial charge in [0.25, 0.3) is 0 Å². The van der Waals surface area contributed by atoms with Crippen LogP contribution >= 0.6 is 0 Å². The second-order valence-corrected chi connectivity index (χ2v) is 5.08. The molecule has 1 unspecified atom stereocenters. The van der Waals surface area contributed by atoms with Gasteiger partial charge in [0, 0.05) is 39.2 Å². The van der Waals surface area contributed by atoms with Crippen LogP contribution in [0.3, 0.4) is 0 Å². The van der Waals surface area contributed by atoms with Crippen LogP contribution < -0.4 is 5.32 Å². The zero-order chi connectivity index (χ0) is 13.8. The van der Waals surface area contributed by atoms with Crippen LogP contribution in [0, 0.1) is 0 Å². The van der Waals surface area contributed by atoms with E-state index in [1.807, 2.05) is 6.92 Å². The molecule has 0 bridgehead atoms. The van der Waals surface area contributed by atoms with Gasteiger partial charge in [0.15, 0.2) is 0 Å². The zero-order valence-electron chi connectivity index (χ0n) is 11.8. The van der Waals surface area contributed by atoms with Crippen molar-refractivity contribution in [1.82, 2.24) is 15.5 Å². The van der Waals surface area contributed by atoms with Crippen molar-refractivity contribution in [2.24, 2.45) is 0 Å². The van der Waals surface area contributed by atoms with Crippen LogP contribution in [-0.2, 0) is 19.8 Å². The lowest BCUT2D eigenvalue weighted by atomic mass is 9.93. The van der Waals surface area contributed by atoms with Crippen molar-refractivity contribution >= 4 is 0 Å². The highest BCUT2D eigenvalue weighted by Gasteiger charge is 2.40. The standard InChI is InChI=1S/C13H21N3O4/c1-2-19-13(3-6-17-7-4-13)12-15-11(20-16-12)10-9-18-8-5-14-10/h10,14H,2-9H2,1H3. The molecule has 7 nitrogen and oxygen atoms in total. The third kappa shape index (κ3) is 2.71. The molecule has 7 heteroatoms. The summed E-state index contributed by atoms with van der Waals surface area (Å²) in [6.07, 6.45) is 1.52. The van der Waals surface area contributed by atoms with Gasteiger partial charge in [-0.05, 0) is 6.92 Å². The Bertz CT molecular complexity index is 419. The SMILES string of the molecule is CCOC1(c2noc(C3COCCN3)n2)CCOCC1. The molecule has 2 aliphatic rings. The lowest BCUT2D eigenvalue weighted by Gasteiger charge is -2.33. The lowest BCUT2D eigenvalue weighted by Crippen LogP contribution is -2.38. The molecular formula is C13H21N3O4. The van der Waals surface area contributed by atoms with Crippen molar-refractivity contribution in [2.75, 3.05) is 39.6 Å². The summed E-state index contributed by atoms with van der Waals surface area (Å²) in [5.74, 6) is 1.20. The van der Waals surface area contributed by atoms with E-state index >= 15 is 0 Å². The van der Waals surface area contributed by atoms with Crippen LogP contribution in [0.5, 0.6) is 0 Å². The number of morpholine rings is 1. The summed E-state index contributed by atoms with van der Waals surface area (Å²) in [4.78, 5) is 4.55. The normalized spacial score (nSPS) is 26.6. The van der Waals surface area contributed by atoms with Crippen LogP contribution in [0.15, 0.2) is 4.52 Å². The highest BCUT2D eigenvalue weighted by Crippen LogP contribution is 2.34. The Kier molecular flexibility index (Phi) is 4.30. The van der Waals surface area contributed by atoms with Crippen LogP contribution in [0.25, 0.3) is 0 Å². The fourth-order valence-corrected chi connectivity index (χ4v) is 2.70. The molecule has 0 aromatic carbocycles. The first kappa shape index (κ1) is 13.9. The summed E-state index contributed by atoms with van der Waals surface area (Å²) in [6, 6.07) is -0.0245. The molecule has 1 atom stereocenters. The van der Waals surface area contributed by atoms with E-state index in [2.05, 4.69) is 15.5 Å². The van der Waals surface area contributed by atoms with E-state index in [9.17, 15) is 0 Å². The Morgan fingerprint density at radius 3 is 2.85 bits per heavy atom. The van der Waals surface area contributed by atoms with Gasteiger partial charge in [-0.15, -0.1) is 0 Å². The largest absolute Gasteiger partial charge is 0.381 e. The minimum Gasteiger partial charge on any atom is -0.381 e. The summed E-state index contributed by atoms with van der Waals surface area (Å²) in [5.41, 5.74) is -0.468. The highest BCUT2D eigenvalue weighted by atomic mass is 16.5. The number of hydrogen-bond acceptors (Lipinski definition) is 7. The number of aromatic nitrogens is 2. The van der Waals surface area contributed by atoms with E-state index in [0.717, 1.165) is 26.0 Å². The molecule has 2 fully saturated rings. The summed E-state index contributed by atoms with van der Waals surface area (Å²) in [6.45, 7) is 6.00. The Balaban J connectivity index is 1.79. The minimum absolute atomic E-state index is 0.0245. The maximum Gasteiger partial charge on any atom is 0.246 e. The molecule has 1 N–H and O–H groups in total. The van der Waals surface area contributed by atoms with Crippen LogP contribution in [0.2, 0.25) is 0 Å². The lowest BCUT2D eigenvalue weighted by molar-refractivity contribution is -0.118. The Morgan fingerprint density at radius 2 is 2.15 bits per heavy atom. The smallest absolute Gasteiger partial charge is 0.246 e. The quantitative estimate of drug-likeness (QED) is 0.874. The predicted molar refractivity (Wildman–Crippen MR) is 69.2 cm³/mol. The van der Waals surface area contributed by atoms with E-state index in [0.29, 0.717) is 38.1 Å². The molecule has 20 heavy (non-hydrogen) atoms. The van der Waals surface area contributed by atoms with Gasteiger partial charge in [0.05, 0.1) is 13.2 Å². The Hall–Kier alpha value is -1.02. The molecule has 0 radical (unpaired) electrons. The molecule has 3 rings (SSSR count). The first-order chi connectivity index (χ1) is 9.84. The fraction of sp³-hybridized carbons (Fsp3) is 0.846. The van der Waals surface area contributed by atoms with Crippen molar-refractivity contribution in [3.05, 3.63) is 11.7 Å². The molecule has 0 amide bonds. The second-order valence-electron chi connectivity index (χ2n) is 5.08. The topological polar surface area (TPSA) is 78.6 Å². The first-order valence-electron chi connectivity index (χ1n) is 7.21. The minimum atomic E-state index is -0.468. The Morgan fingerprint density at radius 1 is 1.30 bits per heavy atom. The molecule has 1 aromatic rings. The Labute approximate surface area is 118 Å². The number of nitrogens with one attached hydrogen (secondary N) is 1.